The lowest BCUT2D eigenvalue weighted by atomic mass is 9.77. The summed E-state index contributed by atoms with van der Waals surface area (Å²) in [5.74, 6) is 1.44. The molecule has 0 fully saturated rings. The van der Waals surface area contributed by atoms with Crippen LogP contribution in [0.25, 0.3) is 0 Å². The maximum atomic E-state index is 10.8. The van der Waals surface area contributed by atoms with Crippen LogP contribution in [0.3, 0.4) is 0 Å². The van der Waals surface area contributed by atoms with Crippen molar-refractivity contribution in [1.29, 1.82) is 0 Å². The molecule has 198 valence electrons. The van der Waals surface area contributed by atoms with Crippen LogP contribution in [0.1, 0.15) is 51.3 Å². The first-order chi connectivity index (χ1) is 17.0. The highest BCUT2D eigenvalue weighted by atomic mass is 16.5. The van der Waals surface area contributed by atoms with Gasteiger partial charge in [0, 0.05) is 12.5 Å². The number of aryl methyl sites for hydroxylation is 1. The van der Waals surface area contributed by atoms with Crippen LogP contribution in [-0.4, -0.2) is 60.8 Å². The van der Waals surface area contributed by atoms with E-state index in [2.05, 4.69) is 36.6 Å². The molecular formula is C28H41N3O5. The number of aliphatic hydroxyl groups is 2. The maximum absolute atomic E-state index is 10.8. The summed E-state index contributed by atoms with van der Waals surface area (Å²) in [5.41, 5.74) is 7.74. The van der Waals surface area contributed by atoms with Crippen LogP contribution in [-0.2, 0) is 5.41 Å². The number of allylic oxidation sites excluding steroid dienone is 1. The molecule has 0 heterocycles. The van der Waals surface area contributed by atoms with Crippen LogP contribution in [0.5, 0.6) is 11.5 Å². The Hall–Kier alpha value is -2.94. The van der Waals surface area contributed by atoms with Gasteiger partial charge >= 0.3 is 0 Å². The highest BCUT2D eigenvalue weighted by Gasteiger charge is 2.24. The monoisotopic (exact) mass is 499 g/mol. The number of benzene rings is 2. The number of nitrogens with zero attached hydrogens (tertiary/aromatic N) is 2. The molecule has 8 heteroatoms. The lowest BCUT2D eigenvalue weighted by Crippen LogP contribution is -2.43. The molecule has 8 nitrogen and oxygen atoms in total. The highest BCUT2D eigenvalue weighted by molar-refractivity contribution is 5.45. The summed E-state index contributed by atoms with van der Waals surface area (Å²) in [5, 5.41) is 24.7. The Morgan fingerprint density at radius 1 is 1.06 bits per heavy atom. The predicted molar refractivity (Wildman–Crippen MR) is 143 cm³/mol. The smallest absolute Gasteiger partial charge is 0.122 e. The Kier molecular flexibility index (Phi) is 10.9. The van der Waals surface area contributed by atoms with Crippen molar-refractivity contribution in [2.75, 3.05) is 33.4 Å². The van der Waals surface area contributed by atoms with E-state index in [0.29, 0.717) is 5.75 Å². The minimum atomic E-state index is -0.771. The number of aliphatic hydroxyl groups excluding tert-OH is 2. The molecule has 0 radical (unpaired) electrons. The summed E-state index contributed by atoms with van der Waals surface area (Å²) in [6.45, 7) is 12.5. The van der Waals surface area contributed by atoms with E-state index in [4.69, 9.17) is 9.47 Å². The fourth-order valence-corrected chi connectivity index (χ4v) is 3.91. The zero-order valence-corrected chi connectivity index (χ0v) is 22.5. The minimum absolute atomic E-state index is 0.0329. The Bertz CT molecular complexity index is 1010. The second-order valence-corrected chi connectivity index (χ2v) is 9.82. The van der Waals surface area contributed by atoms with E-state index >= 15 is 0 Å². The van der Waals surface area contributed by atoms with E-state index in [1.54, 1.807) is 19.0 Å². The summed E-state index contributed by atoms with van der Waals surface area (Å²) < 4.78 is 11.5. The number of hydrazine groups is 1. The third-order valence-electron chi connectivity index (χ3n) is 6.18. The zero-order valence-electron chi connectivity index (χ0n) is 22.5. The first-order valence-corrected chi connectivity index (χ1v) is 12.2. The molecule has 2 rings (SSSR count). The molecule has 0 aromatic heterocycles. The van der Waals surface area contributed by atoms with E-state index in [1.807, 2.05) is 51.1 Å². The van der Waals surface area contributed by atoms with Crippen LogP contribution in [0.2, 0.25) is 0 Å². The topological polar surface area (TPSA) is 104 Å². The molecular weight excluding hydrogens is 458 g/mol. The lowest BCUT2D eigenvalue weighted by Gasteiger charge is -2.29. The number of nitroso groups, excluding NO2 is 1. The van der Waals surface area contributed by atoms with Crippen molar-refractivity contribution < 1.29 is 19.7 Å². The van der Waals surface area contributed by atoms with Crippen LogP contribution >= 0.6 is 0 Å². The average molecular weight is 500 g/mol. The molecule has 0 saturated carbocycles. The van der Waals surface area contributed by atoms with Gasteiger partial charge in [-0.3, -0.25) is 0 Å². The molecule has 2 aromatic rings. The first kappa shape index (κ1) is 29.3. The first-order valence-electron chi connectivity index (χ1n) is 12.2. The molecule has 2 aromatic carbocycles. The second kappa shape index (κ2) is 13.4. The standard InChI is InChI=1S/C28H41N3O5/c1-19(2)26(15-30-34)31(29-7)16-24(33)18-35-25-11-8-22(9-12-25)28(5,6)23-10-13-27(20(3)14-23)36-17-21(4)32/h8-14,21,24,29,32-33H,15-18H2,1-7H3. The number of hydrogen-bond donors (Lipinski definition) is 3. The number of ether oxygens (including phenoxy) is 2. The van der Waals surface area contributed by atoms with E-state index in [1.165, 1.54) is 0 Å². The van der Waals surface area contributed by atoms with Gasteiger partial charge in [0.05, 0.1) is 18.3 Å². The third-order valence-corrected chi connectivity index (χ3v) is 6.18. The second-order valence-electron chi connectivity index (χ2n) is 9.82. The predicted octanol–water partition coefficient (Wildman–Crippen LogP) is 4.32. The number of rotatable bonds is 14. The number of nitrogens with one attached hydrogen (secondary N) is 1. The van der Waals surface area contributed by atoms with Crippen LogP contribution in [0.4, 0.5) is 0 Å². The Morgan fingerprint density at radius 2 is 1.69 bits per heavy atom. The van der Waals surface area contributed by atoms with Crippen molar-refractivity contribution in [3.8, 4) is 11.5 Å². The average Bonchev–Trinajstić information content (AvgIpc) is 2.84. The van der Waals surface area contributed by atoms with Gasteiger partial charge in [0.2, 0.25) is 0 Å². The van der Waals surface area contributed by atoms with Crippen molar-refractivity contribution in [3.63, 3.8) is 0 Å². The molecule has 0 aliphatic carbocycles. The molecule has 0 spiro atoms. The van der Waals surface area contributed by atoms with Gasteiger partial charge in [0.15, 0.2) is 0 Å². The molecule has 36 heavy (non-hydrogen) atoms. The van der Waals surface area contributed by atoms with Gasteiger partial charge in [-0.15, -0.1) is 0 Å². The zero-order chi connectivity index (χ0) is 26.9. The van der Waals surface area contributed by atoms with Crippen LogP contribution < -0.4 is 14.9 Å². The molecule has 0 bridgehead atoms. The van der Waals surface area contributed by atoms with Gasteiger partial charge in [-0.25, -0.2) is 5.43 Å². The minimum Gasteiger partial charge on any atom is -0.491 e. The molecule has 0 saturated heterocycles. The Balaban J connectivity index is 2.03. The van der Waals surface area contributed by atoms with Gasteiger partial charge < -0.3 is 24.7 Å². The lowest BCUT2D eigenvalue weighted by molar-refractivity contribution is 0.0658. The van der Waals surface area contributed by atoms with E-state index in [0.717, 1.165) is 33.7 Å². The molecule has 3 N–H and O–H groups in total. The van der Waals surface area contributed by atoms with E-state index in [9.17, 15) is 15.1 Å². The summed E-state index contributed by atoms with van der Waals surface area (Å²) in [6.07, 6.45) is -1.29. The van der Waals surface area contributed by atoms with Gasteiger partial charge in [-0.2, -0.15) is 4.91 Å². The summed E-state index contributed by atoms with van der Waals surface area (Å²) in [4.78, 5) is 10.8. The molecule has 0 aliphatic heterocycles. The fourth-order valence-electron chi connectivity index (χ4n) is 3.91. The van der Waals surface area contributed by atoms with Gasteiger partial charge in [-0.05, 0) is 62.6 Å². The van der Waals surface area contributed by atoms with E-state index < -0.39 is 12.2 Å². The SMILES string of the molecule is CNN(CC(O)COc1ccc(C(C)(C)c2ccc(OCC(C)O)c(C)c2)cc1)C(CN=O)=C(C)C. The van der Waals surface area contributed by atoms with Crippen molar-refractivity contribution in [2.45, 2.75) is 59.2 Å². The van der Waals surface area contributed by atoms with Crippen LogP contribution in [0, 0.1) is 11.8 Å². The molecule has 2 unspecified atom stereocenters. The molecule has 0 aliphatic rings. The van der Waals surface area contributed by atoms with Crippen molar-refractivity contribution in [1.82, 2.24) is 10.4 Å². The Labute approximate surface area is 214 Å². The maximum Gasteiger partial charge on any atom is 0.122 e. The van der Waals surface area contributed by atoms with Crippen molar-refractivity contribution in [3.05, 3.63) is 75.3 Å². The van der Waals surface area contributed by atoms with Crippen molar-refractivity contribution >= 4 is 0 Å². The summed E-state index contributed by atoms with van der Waals surface area (Å²) in [6, 6.07) is 14.0. The molecule has 0 amide bonds. The van der Waals surface area contributed by atoms with Gasteiger partial charge in [0.1, 0.15) is 37.4 Å². The van der Waals surface area contributed by atoms with Crippen molar-refractivity contribution in [2.24, 2.45) is 5.18 Å². The number of hydrogen-bond acceptors (Lipinski definition) is 8. The van der Waals surface area contributed by atoms with Gasteiger partial charge in [0.25, 0.3) is 0 Å². The van der Waals surface area contributed by atoms with Gasteiger partial charge in [-0.1, -0.05) is 48.9 Å². The fraction of sp³-hybridized carbons (Fsp3) is 0.500. The van der Waals surface area contributed by atoms with Crippen LogP contribution in [0.15, 0.2) is 58.9 Å². The van der Waals surface area contributed by atoms with E-state index in [-0.39, 0.29) is 31.7 Å². The largest absolute Gasteiger partial charge is 0.491 e. The normalized spacial score (nSPS) is 13.0. The highest BCUT2D eigenvalue weighted by Crippen LogP contribution is 2.34. The third kappa shape index (κ3) is 8.05. The summed E-state index contributed by atoms with van der Waals surface area (Å²) >= 11 is 0. The Morgan fingerprint density at radius 3 is 2.22 bits per heavy atom. The molecule has 2 atom stereocenters. The quantitative estimate of drug-likeness (QED) is 0.263. The summed E-state index contributed by atoms with van der Waals surface area (Å²) in [7, 11) is 1.74.